The highest BCUT2D eigenvalue weighted by Gasteiger charge is 2.43. The summed E-state index contributed by atoms with van der Waals surface area (Å²) >= 11 is 0. The normalized spacial score (nSPS) is 26.3. The maximum Gasteiger partial charge on any atom is 0.410 e. The second-order valence-corrected chi connectivity index (χ2v) is 6.55. The summed E-state index contributed by atoms with van der Waals surface area (Å²) in [7, 11) is 0. The number of likely N-dealkylation sites (tertiary alicyclic amines) is 1. The molecular weight excluding hydrogens is 252 g/mol. The molecule has 2 rings (SSSR count). The number of hydrogen-bond acceptors (Lipinski definition) is 3. The Morgan fingerprint density at radius 3 is 2.35 bits per heavy atom. The van der Waals surface area contributed by atoms with Crippen LogP contribution < -0.4 is 0 Å². The zero-order valence-electron chi connectivity index (χ0n) is 13.3. The third-order valence-electron chi connectivity index (χ3n) is 4.43. The fraction of sp³-hybridized carbons (Fsp3) is 0.938. The summed E-state index contributed by atoms with van der Waals surface area (Å²) < 4.78 is 5.39. The number of carbonyl (C=O) groups is 1. The molecule has 2 heterocycles. The van der Waals surface area contributed by atoms with Crippen molar-refractivity contribution in [2.45, 2.75) is 77.5 Å². The molecule has 2 unspecified atom stereocenters. The van der Waals surface area contributed by atoms with Gasteiger partial charge in [0.25, 0.3) is 0 Å². The van der Waals surface area contributed by atoms with Crippen LogP contribution in [0.5, 0.6) is 0 Å². The maximum atomic E-state index is 12.2. The zero-order chi connectivity index (χ0) is 14.5. The Balaban J connectivity index is 1.80. The van der Waals surface area contributed by atoms with Crippen molar-refractivity contribution < 1.29 is 9.53 Å². The van der Waals surface area contributed by atoms with Gasteiger partial charge in [0.05, 0.1) is 6.10 Å². The van der Waals surface area contributed by atoms with Crippen LogP contribution in [0.1, 0.15) is 59.3 Å². The average molecular weight is 282 g/mol. The van der Waals surface area contributed by atoms with Gasteiger partial charge in [-0.15, -0.1) is 0 Å². The number of carbonyl (C=O) groups excluding carboxylic acids is 1. The van der Waals surface area contributed by atoms with Crippen LogP contribution in [-0.4, -0.2) is 53.7 Å². The summed E-state index contributed by atoms with van der Waals surface area (Å²) in [5, 5.41) is 0. The average Bonchev–Trinajstić information content (AvgIpc) is 2.66. The van der Waals surface area contributed by atoms with Crippen LogP contribution in [0.2, 0.25) is 0 Å². The minimum Gasteiger partial charge on any atom is -0.447 e. The van der Waals surface area contributed by atoms with E-state index in [9.17, 15) is 4.79 Å². The molecule has 0 aromatic carbocycles. The molecule has 20 heavy (non-hydrogen) atoms. The van der Waals surface area contributed by atoms with E-state index in [-0.39, 0.29) is 12.2 Å². The molecule has 0 N–H and O–H groups in total. The lowest BCUT2D eigenvalue weighted by molar-refractivity contribution is 0.0277. The van der Waals surface area contributed by atoms with Gasteiger partial charge in [-0.25, -0.2) is 4.79 Å². The van der Waals surface area contributed by atoms with E-state index < -0.39 is 0 Å². The van der Waals surface area contributed by atoms with Crippen molar-refractivity contribution in [1.29, 1.82) is 0 Å². The van der Waals surface area contributed by atoms with Gasteiger partial charge in [0.1, 0.15) is 0 Å². The van der Waals surface area contributed by atoms with Gasteiger partial charge in [0.2, 0.25) is 0 Å². The van der Waals surface area contributed by atoms with E-state index in [1.807, 2.05) is 18.7 Å². The van der Waals surface area contributed by atoms with Gasteiger partial charge in [0.15, 0.2) is 0 Å². The number of unbranched alkanes of at least 4 members (excludes halogenated alkanes) is 3. The van der Waals surface area contributed by atoms with E-state index in [4.69, 9.17) is 4.74 Å². The SMILES string of the molecule is CCCCCCN1CC2CCC(C1)N2C(=O)OC(C)C. The second kappa shape index (κ2) is 7.30. The molecule has 2 fully saturated rings. The zero-order valence-corrected chi connectivity index (χ0v) is 13.3. The Hall–Kier alpha value is -0.770. The third-order valence-corrected chi connectivity index (χ3v) is 4.43. The first-order valence-electron chi connectivity index (χ1n) is 8.33. The largest absolute Gasteiger partial charge is 0.447 e. The third kappa shape index (κ3) is 3.87. The summed E-state index contributed by atoms with van der Waals surface area (Å²) in [5.41, 5.74) is 0. The van der Waals surface area contributed by atoms with Crippen LogP contribution in [0.3, 0.4) is 0 Å². The van der Waals surface area contributed by atoms with Crippen molar-refractivity contribution in [1.82, 2.24) is 9.80 Å². The maximum absolute atomic E-state index is 12.2. The predicted molar refractivity (Wildman–Crippen MR) is 80.8 cm³/mol. The lowest BCUT2D eigenvalue weighted by Gasteiger charge is -2.40. The molecule has 1 amide bonds. The highest BCUT2D eigenvalue weighted by atomic mass is 16.6. The number of ether oxygens (including phenoxy) is 1. The number of hydrogen-bond donors (Lipinski definition) is 0. The minimum absolute atomic E-state index is 0.0195. The first-order valence-corrected chi connectivity index (χ1v) is 8.33. The van der Waals surface area contributed by atoms with Crippen LogP contribution in [0.4, 0.5) is 4.79 Å². The van der Waals surface area contributed by atoms with Crippen molar-refractivity contribution >= 4 is 6.09 Å². The van der Waals surface area contributed by atoms with Gasteiger partial charge in [-0.05, 0) is 39.7 Å². The summed E-state index contributed by atoms with van der Waals surface area (Å²) in [4.78, 5) is 16.7. The summed E-state index contributed by atoms with van der Waals surface area (Å²) in [6.07, 6.45) is 7.43. The number of amides is 1. The van der Waals surface area contributed by atoms with Crippen molar-refractivity contribution in [2.24, 2.45) is 0 Å². The van der Waals surface area contributed by atoms with Gasteiger partial charge in [-0.2, -0.15) is 0 Å². The molecule has 0 aliphatic carbocycles. The molecule has 2 saturated heterocycles. The molecule has 0 aromatic heterocycles. The predicted octanol–water partition coefficient (Wildman–Crippen LogP) is 3.26. The van der Waals surface area contributed by atoms with Crippen LogP contribution in [-0.2, 0) is 4.74 Å². The number of nitrogens with zero attached hydrogens (tertiary/aromatic N) is 2. The molecule has 0 aromatic rings. The number of rotatable bonds is 6. The molecule has 2 aliphatic rings. The first kappa shape index (κ1) is 15.6. The van der Waals surface area contributed by atoms with Gasteiger partial charge < -0.3 is 4.74 Å². The minimum atomic E-state index is -0.0990. The van der Waals surface area contributed by atoms with Crippen molar-refractivity contribution in [2.75, 3.05) is 19.6 Å². The molecular formula is C16H30N2O2. The molecule has 2 atom stereocenters. The lowest BCUT2D eigenvalue weighted by atomic mass is 10.1. The number of piperazine rings is 1. The Labute approximate surface area is 123 Å². The Bertz CT molecular complexity index is 306. The highest BCUT2D eigenvalue weighted by Crippen LogP contribution is 2.31. The molecule has 4 nitrogen and oxygen atoms in total. The van der Waals surface area contributed by atoms with Gasteiger partial charge in [0, 0.05) is 25.2 Å². The molecule has 0 spiro atoms. The van der Waals surface area contributed by atoms with Crippen LogP contribution in [0, 0.1) is 0 Å². The van der Waals surface area contributed by atoms with Crippen LogP contribution in [0.15, 0.2) is 0 Å². The highest BCUT2D eigenvalue weighted by molar-refractivity contribution is 5.69. The molecule has 0 radical (unpaired) electrons. The smallest absolute Gasteiger partial charge is 0.410 e. The molecule has 2 bridgehead atoms. The Morgan fingerprint density at radius 1 is 1.15 bits per heavy atom. The summed E-state index contributed by atoms with van der Waals surface area (Å²) in [5.74, 6) is 0. The van der Waals surface area contributed by atoms with E-state index in [1.54, 1.807) is 0 Å². The topological polar surface area (TPSA) is 32.8 Å². The molecule has 116 valence electrons. The van der Waals surface area contributed by atoms with Crippen molar-refractivity contribution in [3.63, 3.8) is 0 Å². The summed E-state index contributed by atoms with van der Waals surface area (Å²) in [6.45, 7) is 9.36. The van der Waals surface area contributed by atoms with E-state index in [0.717, 1.165) is 25.9 Å². The fourth-order valence-electron chi connectivity index (χ4n) is 3.50. The van der Waals surface area contributed by atoms with Crippen molar-refractivity contribution in [3.05, 3.63) is 0 Å². The first-order chi connectivity index (χ1) is 9.61. The van der Waals surface area contributed by atoms with Gasteiger partial charge in [-0.1, -0.05) is 26.2 Å². The van der Waals surface area contributed by atoms with E-state index >= 15 is 0 Å². The van der Waals surface area contributed by atoms with Crippen LogP contribution >= 0.6 is 0 Å². The molecule has 0 saturated carbocycles. The molecule has 2 aliphatic heterocycles. The van der Waals surface area contributed by atoms with E-state index in [2.05, 4.69) is 11.8 Å². The second-order valence-electron chi connectivity index (χ2n) is 6.55. The van der Waals surface area contributed by atoms with Crippen molar-refractivity contribution in [3.8, 4) is 0 Å². The van der Waals surface area contributed by atoms with Crippen LogP contribution in [0.25, 0.3) is 0 Å². The molecule has 4 heteroatoms. The van der Waals surface area contributed by atoms with E-state index in [0.29, 0.717) is 12.1 Å². The van der Waals surface area contributed by atoms with Gasteiger partial charge in [-0.3, -0.25) is 9.80 Å². The van der Waals surface area contributed by atoms with Gasteiger partial charge >= 0.3 is 6.09 Å². The quantitative estimate of drug-likeness (QED) is 0.701. The van der Waals surface area contributed by atoms with E-state index in [1.165, 1.54) is 32.2 Å². The Kier molecular flexibility index (Phi) is 5.70. The fourth-order valence-corrected chi connectivity index (χ4v) is 3.50. The monoisotopic (exact) mass is 282 g/mol. The Morgan fingerprint density at radius 2 is 1.80 bits per heavy atom. The number of fused-ring (bicyclic) bond motifs is 2. The standard InChI is InChI=1S/C16H30N2O2/c1-4-5-6-7-10-17-11-14-8-9-15(12-17)18(14)16(19)20-13(2)3/h13-15H,4-12H2,1-3H3. The lowest BCUT2D eigenvalue weighted by Crippen LogP contribution is -2.56. The summed E-state index contributed by atoms with van der Waals surface area (Å²) in [6, 6.07) is 0.761.